The van der Waals surface area contributed by atoms with Gasteiger partial charge in [0.1, 0.15) is 5.00 Å². The maximum Gasteiger partial charge on any atom is 0.324 e. The molecular formula is C24H40N6O2S. The summed E-state index contributed by atoms with van der Waals surface area (Å²) >= 11 is 1.61. The molecule has 0 bridgehead atoms. The number of likely N-dealkylation sites (tertiary alicyclic amines) is 2. The molecule has 4 rings (SSSR count). The van der Waals surface area contributed by atoms with Gasteiger partial charge in [0.15, 0.2) is 0 Å². The molecule has 1 aliphatic carbocycles. The number of nitrogens with two attached hydrogens (primary N) is 2. The standard InChI is InChI=1S/C24H40N6O2S/c1-3-8-30(24(32)27-7-11-29-9-5-4-6-10-29)23(31)17-12-16-13-18-20(33-22(26)21(18)25)14-19(16)28(2)15-17/h16-17,19H,3-15,25-26H2,1-2H3,(H,27,32)/t16-,17-,19-/m1/s1. The summed E-state index contributed by atoms with van der Waals surface area (Å²) in [7, 11) is 2.10. The number of nitrogens with zero attached hydrogens (tertiary/aromatic N) is 3. The fourth-order valence-electron chi connectivity index (χ4n) is 5.90. The number of nitrogen functional groups attached to an aromatic ring is 2. The van der Waals surface area contributed by atoms with Crippen molar-refractivity contribution in [2.45, 2.75) is 57.9 Å². The summed E-state index contributed by atoms with van der Waals surface area (Å²) in [6.07, 6.45) is 7.13. The number of rotatable bonds is 6. The quantitative estimate of drug-likeness (QED) is 0.582. The van der Waals surface area contributed by atoms with E-state index in [2.05, 4.69) is 22.2 Å². The van der Waals surface area contributed by atoms with E-state index in [1.165, 1.54) is 34.6 Å². The van der Waals surface area contributed by atoms with E-state index in [1.807, 2.05) is 6.92 Å². The maximum absolute atomic E-state index is 13.5. The number of anilines is 2. The Kier molecular flexibility index (Phi) is 7.81. The van der Waals surface area contributed by atoms with Crippen molar-refractivity contribution >= 4 is 34.0 Å². The molecule has 2 saturated heterocycles. The van der Waals surface area contributed by atoms with Gasteiger partial charge in [-0.25, -0.2) is 4.79 Å². The van der Waals surface area contributed by atoms with Crippen LogP contribution >= 0.6 is 11.3 Å². The van der Waals surface area contributed by atoms with E-state index in [0.29, 0.717) is 36.6 Å². The van der Waals surface area contributed by atoms with E-state index < -0.39 is 0 Å². The Morgan fingerprint density at radius 1 is 1.18 bits per heavy atom. The second-order valence-electron chi connectivity index (χ2n) is 10.0. The van der Waals surface area contributed by atoms with Gasteiger partial charge < -0.3 is 26.6 Å². The molecule has 3 heterocycles. The molecule has 3 atom stereocenters. The van der Waals surface area contributed by atoms with Crippen molar-refractivity contribution in [3.63, 3.8) is 0 Å². The summed E-state index contributed by atoms with van der Waals surface area (Å²) in [6.45, 7) is 6.80. The van der Waals surface area contributed by atoms with Gasteiger partial charge in [-0.3, -0.25) is 9.69 Å². The Morgan fingerprint density at radius 3 is 2.67 bits per heavy atom. The van der Waals surface area contributed by atoms with Gasteiger partial charge in [-0.15, -0.1) is 11.3 Å². The van der Waals surface area contributed by atoms with Gasteiger partial charge in [0, 0.05) is 37.1 Å². The Balaban J connectivity index is 1.37. The lowest BCUT2D eigenvalue weighted by molar-refractivity contribution is -0.136. The smallest absolute Gasteiger partial charge is 0.324 e. The molecule has 2 aliphatic heterocycles. The number of hydrogen-bond donors (Lipinski definition) is 3. The lowest BCUT2D eigenvalue weighted by Crippen LogP contribution is -2.55. The normalized spacial score (nSPS) is 25.8. The number of urea groups is 1. The first-order valence-corrected chi connectivity index (χ1v) is 13.4. The first-order valence-electron chi connectivity index (χ1n) is 12.6. The van der Waals surface area contributed by atoms with Crippen LogP contribution in [0, 0.1) is 11.8 Å². The minimum atomic E-state index is -0.246. The Bertz CT molecular complexity index is 852. The Labute approximate surface area is 201 Å². The minimum Gasteiger partial charge on any atom is -0.396 e. The van der Waals surface area contributed by atoms with Crippen molar-refractivity contribution in [3.05, 3.63) is 10.4 Å². The fourth-order valence-corrected chi connectivity index (χ4v) is 6.97. The average molecular weight is 477 g/mol. The number of fused-ring (bicyclic) bond motifs is 2. The Morgan fingerprint density at radius 2 is 1.94 bits per heavy atom. The van der Waals surface area contributed by atoms with Gasteiger partial charge in [0.05, 0.1) is 11.6 Å². The number of hydrogen-bond acceptors (Lipinski definition) is 7. The third-order valence-corrected chi connectivity index (χ3v) is 8.79. The summed E-state index contributed by atoms with van der Waals surface area (Å²) < 4.78 is 0. The highest BCUT2D eigenvalue weighted by atomic mass is 32.1. The number of thiophene rings is 1. The van der Waals surface area contributed by atoms with Crippen LogP contribution in [0.5, 0.6) is 0 Å². The van der Waals surface area contributed by atoms with Gasteiger partial charge in [-0.1, -0.05) is 13.3 Å². The molecule has 0 spiro atoms. The summed E-state index contributed by atoms with van der Waals surface area (Å²) in [5, 5.41) is 3.72. The third kappa shape index (κ3) is 5.30. The molecule has 8 nitrogen and oxygen atoms in total. The highest BCUT2D eigenvalue weighted by Crippen LogP contribution is 2.44. The molecule has 33 heavy (non-hydrogen) atoms. The van der Waals surface area contributed by atoms with Gasteiger partial charge in [-0.2, -0.15) is 0 Å². The van der Waals surface area contributed by atoms with Gasteiger partial charge in [0.25, 0.3) is 0 Å². The second kappa shape index (κ2) is 10.6. The SMILES string of the molecule is CCCN(C(=O)NCCN1CCCCC1)C(=O)[C@@H]1C[C@@H]2Cc3c(sc(N)c3N)C[C@H]2N(C)C1. The van der Waals surface area contributed by atoms with Crippen LogP contribution in [0.15, 0.2) is 0 Å². The molecule has 0 unspecified atom stereocenters. The Hall–Kier alpha value is -1.84. The zero-order valence-corrected chi connectivity index (χ0v) is 21.0. The van der Waals surface area contributed by atoms with E-state index in [0.717, 1.165) is 51.0 Å². The molecule has 3 aliphatic rings. The van der Waals surface area contributed by atoms with Crippen LogP contribution in [-0.4, -0.2) is 79.0 Å². The number of likely N-dealkylation sites (N-methyl/N-ethyl adjacent to an activating group) is 1. The molecule has 3 amide bonds. The highest BCUT2D eigenvalue weighted by molar-refractivity contribution is 7.16. The molecule has 2 fully saturated rings. The predicted octanol–water partition coefficient (Wildman–Crippen LogP) is 2.38. The van der Waals surface area contributed by atoms with Crippen molar-refractivity contribution in [2.75, 3.05) is 57.8 Å². The summed E-state index contributed by atoms with van der Waals surface area (Å²) in [4.78, 5) is 33.9. The van der Waals surface area contributed by atoms with Crippen molar-refractivity contribution < 1.29 is 9.59 Å². The third-order valence-electron chi connectivity index (χ3n) is 7.69. The molecular weight excluding hydrogens is 436 g/mol. The molecule has 0 saturated carbocycles. The number of carbonyl (C=O) groups excluding carboxylic acids is 2. The molecule has 5 N–H and O–H groups in total. The summed E-state index contributed by atoms with van der Waals surface area (Å²) in [5.41, 5.74) is 14.2. The maximum atomic E-state index is 13.5. The monoisotopic (exact) mass is 476 g/mol. The van der Waals surface area contributed by atoms with Crippen LogP contribution in [0.25, 0.3) is 0 Å². The van der Waals surface area contributed by atoms with E-state index in [9.17, 15) is 9.59 Å². The van der Waals surface area contributed by atoms with E-state index in [4.69, 9.17) is 11.5 Å². The lowest BCUT2D eigenvalue weighted by atomic mass is 9.74. The number of carbonyl (C=O) groups is 2. The first kappa shape index (κ1) is 24.3. The van der Waals surface area contributed by atoms with Crippen LogP contribution in [0.2, 0.25) is 0 Å². The highest BCUT2D eigenvalue weighted by Gasteiger charge is 2.42. The van der Waals surface area contributed by atoms with Gasteiger partial charge in [0.2, 0.25) is 5.91 Å². The number of nitrogens with one attached hydrogen (secondary N) is 1. The largest absolute Gasteiger partial charge is 0.396 e. The van der Waals surface area contributed by atoms with E-state index in [1.54, 1.807) is 11.3 Å². The fraction of sp³-hybridized carbons (Fsp3) is 0.750. The predicted molar refractivity (Wildman–Crippen MR) is 134 cm³/mol. The van der Waals surface area contributed by atoms with Crippen LogP contribution in [0.1, 0.15) is 49.5 Å². The summed E-state index contributed by atoms with van der Waals surface area (Å²) in [5.74, 6) is 0.141. The van der Waals surface area contributed by atoms with E-state index in [-0.39, 0.29) is 17.9 Å². The molecule has 184 valence electrons. The minimum absolute atomic E-state index is 0.0405. The zero-order valence-electron chi connectivity index (χ0n) is 20.1. The first-order chi connectivity index (χ1) is 15.9. The van der Waals surface area contributed by atoms with Crippen molar-refractivity contribution in [1.82, 2.24) is 20.0 Å². The lowest BCUT2D eigenvalue weighted by Gasteiger charge is -2.45. The molecule has 1 aromatic heterocycles. The number of amides is 3. The van der Waals surface area contributed by atoms with Gasteiger partial charge in [-0.05, 0) is 70.1 Å². The van der Waals surface area contributed by atoms with Crippen LogP contribution in [0.3, 0.4) is 0 Å². The van der Waals surface area contributed by atoms with Gasteiger partial charge >= 0.3 is 6.03 Å². The van der Waals surface area contributed by atoms with Crippen LogP contribution in [-0.2, 0) is 17.6 Å². The number of imide groups is 1. The van der Waals surface area contributed by atoms with Crippen molar-refractivity contribution in [2.24, 2.45) is 11.8 Å². The van der Waals surface area contributed by atoms with Crippen LogP contribution < -0.4 is 16.8 Å². The molecule has 0 radical (unpaired) electrons. The topological polar surface area (TPSA) is 108 Å². The van der Waals surface area contributed by atoms with E-state index >= 15 is 0 Å². The van der Waals surface area contributed by atoms with Crippen LogP contribution in [0.4, 0.5) is 15.5 Å². The molecule has 9 heteroatoms. The summed E-state index contributed by atoms with van der Waals surface area (Å²) in [6, 6.07) is 0.154. The number of piperidine rings is 2. The second-order valence-corrected chi connectivity index (χ2v) is 11.2. The van der Waals surface area contributed by atoms with Crippen molar-refractivity contribution in [3.8, 4) is 0 Å². The average Bonchev–Trinajstić information content (AvgIpc) is 3.09. The zero-order chi connectivity index (χ0) is 23.5. The molecule has 1 aromatic rings. The van der Waals surface area contributed by atoms with Crippen molar-refractivity contribution in [1.29, 1.82) is 0 Å². The molecule has 0 aromatic carbocycles.